The maximum atomic E-state index is 4.55. The minimum atomic E-state index is 0.618. The Morgan fingerprint density at radius 2 is 2.33 bits per heavy atom. The molecule has 0 radical (unpaired) electrons. The average molecular weight is 203 g/mol. The molecule has 0 saturated heterocycles. The van der Waals surface area contributed by atoms with E-state index in [1.54, 1.807) is 12.5 Å². The molecule has 1 saturated carbocycles. The van der Waals surface area contributed by atoms with Crippen LogP contribution in [-0.2, 0) is 13.6 Å². The van der Waals surface area contributed by atoms with E-state index in [-0.39, 0.29) is 0 Å². The molecule has 0 N–H and O–H groups in total. The highest BCUT2D eigenvalue weighted by molar-refractivity contribution is 5.06. The van der Waals surface area contributed by atoms with Crippen LogP contribution in [0.15, 0.2) is 18.7 Å². The van der Waals surface area contributed by atoms with Crippen molar-refractivity contribution in [3.63, 3.8) is 0 Å². The predicted octanol–water partition coefficient (Wildman–Crippen LogP) is 0.937. The van der Waals surface area contributed by atoms with E-state index in [1.165, 1.54) is 12.8 Å². The molecule has 0 bridgehead atoms. The van der Waals surface area contributed by atoms with Crippen LogP contribution in [0.3, 0.4) is 0 Å². The van der Waals surface area contributed by atoms with Crippen molar-refractivity contribution in [2.24, 2.45) is 7.05 Å². The minimum Gasteiger partial charge on any atom is -0.330 e. The fraction of sp³-hybridized carbons (Fsp3) is 0.500. The van der Waals surface area contributed by atoms with Gasteiger partial charge in [-0.2, -0.15) is 5.10 Å². The first-order valence-electron chi connectivity index (χ1n) is 5.18. The summed E-state index contributed by atoms with van der Waals surface area (Å²) in [5.41, 5.74) is 0. The van der Waals surface area contributed by atoms with Crippen molar-refractivity contribution in [1.82, 2.24) is 24.3 Å². The molecule has 15 heavy (non-hydrogen) atoms. The lowest BCUT2D eigenvalue weighted by atomic mass is 10.4. The SMILES string of the molecule is Cn1nc(C2CC2)nc1Cn1ccnc1. The van der Waals surface area contributed by atoms with Gasteiger partial charge >= 0.3 is 0 Å². The molecule has 2 heterocycles. The van der Waals surface area contributed by atoms with E-state index in [0.29, 0.717) is 5.92 Å². The minimum absolute atomic E-state index is 0.618. The smallest absolute Gasteiger partial charge is 0.154 e. The molecule has 0 unspecified atom stereocenters. The number of hydrogen-bond donors (Lipinski definition) is 0. The summed E-state index contributed by atoms with van der Waals surface area (Å²) in [4.78, 5) is 8.56. The fourth-order valence-electron chi connectivity index (χ4n) is 1.63. The van der Waals surface area contributed by atoms with Gasteiger partial charge in [-0.15, -0.1) is 0 Å². The lowest BCUT2D eigenvalue weighted by Crippen LogP contribution is -2.04. The first-order chi connectivity index (χ1) is 7.33. The zero-order valence-corrected chi connectivity index (χ0v) is 8.67. The van der Waals surface area contributed by atoms with Crippen LogP contribution in [0.25, 0.3) is 0 Å². The van der Waals surface area contributed by atoms with Crippen LogP contribution in [0.2, 0.25) is 0 Å². The number of hydrogen-bond acceptors (Lipinski definition) is 3. The highest BCUT2D eigenvalue weighted by atomic mass is 15.3. The lowest BCUT2D eigenvalue weighted by Gasteiger charge is -1.99. The van der Waals surface area contributed by atoms with Gasteiger partial charge in [0.25, 0.3) is 0 Å². The van der Waals surface area contributed by atoms with E-state index < -0.39 is 0 Å². The summed E-state index contributed by atoms with van der Waals surface area (Å²) >= 11 is 0. The first kappa shape index (κ1) is 8.64. The van der Waals surface area contributed by atoms with Crippen LogP contribution in [-0.4, -0.2) is 24.3 Å². The van der Waals surface area contributed by atoms with Gasteiger partial charge in [-0.1, -0.05) is 0 Å². The molecule has 2 aromatic heterocycles. The number of nitrogens with zero attached hydrogens (tertiary/aromatic N) is 5. The molecular formula is C10H13N5. The third-order valence-corrected chi connectivity index (χ3v) is 2.70. The van der Waals surface area contributed by atoms with E-state index in [4.69, 9.17) is 0 Å². The largest absolute Gasteiger partial charge is 0.330 e. The van der Waals surface area contributed by atoms with Gasteiger partial charge in [0.1, 0.15) is 5.82 Å². The van der Waals surface area contributed by atoms with Gasteiger partial charge < -0.3 is 4.57 Å². The second-order valence-electron chi connectivity index (χ2n) is 4.02. The second-order valence-corrected chi connectivity index (χ2v) is 4.02. The Kier molecular flexibility index (Phi) is 1.83. The molecule has 0 amide bonds. The topological polar surface area (TPSA) is 48.5 Å². The highest BCUT2D eigenvalue weighted by Crippen LogP contribution is 2.37. The van der Waals surface area contributed by atoms with Gasteiger partial charge in [0.05, 0.1) is 12.9 Å². The monoisotopic (exact) mass is 203 g/mol. The normalized spacial score (nSPS) is 15.8. The summed E-state index contributed by atoms with van der Waals surface area (Å²) in [6.07, 6.45) is 8.00. The van der Waals surface area contributed by atoms with Crippen LogP contribution >= 0.6 is 0 Å². The van der Waals surface area contributed by atoms with Crippen molar-refractivity contribution in [3.8, 4) is 0 Å². The summed E-state index contributed by atoms with van der Waals surface area (Å²) in [7, 11) is 1.95. The Labute approximate surface area is 87.8 Å². The Hall–Kier alpha value is -1.65. The number of aryl methyl sites for hydroxylation is 1. The third kappa shape index (κ3) is 1.65. The third-order valence-electron chi connectivity index (χ3n) is 2.70. The number of imidazole rings is 1. The Balaban J connectivity index is 1.84. The lowest BCUT2D eigenvalue weighted by molar-refractivity contribution is 0.651. The van der Waals surface area contributed by atoms with E-state index >= 15 is 0 Å². The first-order valence-corrected chi connectivity index (χ1v) is 5.18. The van der Waals surface area contributed by atoms with Gasteiger partial charge in [-0.25, -0.2) is 9.97 Å². The highest BCUT2D eigenvalue weighted by Gasteiger charge is 2.28. The van der Waals surface area contributed by atoms with E-state index in [0.717, 1.165) is 18.2 Å². The molecule has 5 heteroatoms. The van der Waals surface area contributed by atoms with Crippen LogP contribution in [0.4, 0.5) is 0 Å². The molecule has 0 spiro atoms. The summed E-state index contributed by atoms with van der Waals surface area (Å²) in [5, 5.41) is 4.42. The predicted molar refractivity (Wildman–Crippen MR) is 54.3 cm³/mol. The van der Waals surface area contributed by atoms with Gasteiger partial charge in [-0.3, -0.25) is 4.68 Å². The fourth-order valence-corrected chi connectivity index (χ4v) is 1.63. The van der Waals surface area contributed by atoms with Crippen molar-refractivity contribution in [3.05, 3.63) is 30.4 Å². The zero-order chi connectivity index (χ0) is 10.3. The summed E-state index contributed by atoms with van der Waals surface area (Å²) in [5.74, 6) is 2.62. The van der Waals surface area contributed by atoms with Gasteiger partial charge in [0.15, 0.2) is 5.82 Å². The quantitative estimate of drug-likeness (QED) is 0.745. The van der Waals surface area contributed by atoms with Crippen molar-refractivity contribution in [1.29, 1.82) is 0 Å². The van der Waals surface area contributed by atoms with E-state index in [2.05, 4.69) is 15.1 Å². The van der Waals surface area contributed by atoms with Crippen LogP contribution < -0.4 is 0 Å². The molecule has 0 atom stereocenters. The van der Waals surface area contributed by atoms with Gasteiger partial charge in [0, 0.05) is 25.4 Å². The molecule has 2 aromatic rings. The molecular weight excluding hydrogens is 190 g/mol. The van der Waals surface area contributed by atoms with Gasteiger partial charge in [0.2, 0.25) is 0 Å². The van der Waals surface area contributed by atoms with E-state index in [9.17, 15) is 0 Å². The molecule has 0 aliphatic heterocycles. The van der Waals surface area contributed by atoms with E-state index in [1.807, 2.05) is 22.5 Å². The summed E-state index contributed by atoms with van der Waals surface area (Å²) < 4.78 is 3.87. The van der Waals surface area contributed by atoms with Crippen LogP contribution in [0.1, 0.15) is 30.4 Å². The molecule has 1 aliphatic carbocycles. The Morgan fingerprint density at radius 3 is 3.00 bits per heavy atom. The van der Waals surface area contributed by atoms with Crippen molar-refractivity contribution in [2.75, 3.05) is 0 Å². The Bertz CT molecular complexity index is 452. The maximum Gasteiger partial charge on any atom is 0.154 e. The van der Waals surface area contributed by atoms with Crippen LogP contribution in [0, 0.1) is 0 Å². The van der Waals surface area contributed by atoms with Crippen molar-refractivity contribution >= 4 is 0 Å². The molecule has 1 aliphatic rings. The van der Waals surface area contributed by atoms with Crippen molar-refractivity contribution < 1.29 is 0 Å². The summed E-state index contributed by atoms with van der Waals surface area (Å²) in [6, 6.07) is 0. The second kappa shape index (κ2) is 3.18. The number of rotatable bonds is 3. The van der Waals surface area contributed by atoms with Crippen LogP contribution in [0.5, 0.6) is 0 Å². The molecule has 3 rings (SSSR count). The standard InChI is InChI=1S/C10H13N5/c1-14-9(6-15-5-4-11-7-15)12-10(13-14)8-2-3-8/h4-5,7-8H,2-3,6H2,1H3. The zero-order valence-electron chi connectivity index (χ0n) is 8.67. The number of aromatic nitrogens is 5. The average Bonchev–Trinajstić information content (AvgIpc) is 2.84. The Morgan fingerprint density at radius 1 is 1.47 bits per heavy atom. The molecule has 1 fully saturated rings. The maximum absolute atomic E-state index is 4.55. The van der Waals surface area contributed by atoms with Crippen molar-refractivity contribution in [2.45, 2.75) is 25.3 Å². The molecule has 5 nitrogen and oxygen atoms in total. The molecule has 0 aromatic carbocycles. The molecule has 78 valence electrons. The summed E-state index contributed by atoms with van der Waals surface area (Å²) in [6.45, 7) is 0.746. The van der Waals surface area contributed by atoms with Gasteiger partial charge in [-0.05, 0) is 12.8 Å².